The summed E-state index contributed by atoms with van der Waals surface area (Å²) in [4.78, 5) is 13.3. The monoisotopic (exact) mass is 295 g/mol. The summed E-state index contributed by atoms with van der Waals surface area (Å²) in [6.07, 6.45) is 3.00. The number of nitrogens with two attached hydrogens (primary N) is 1. The molecule has 2 aliphatic heterocycles. The van der Waals surface area contributed by atoms with Crippen LogP contribution >= 0.6 is 0 Å². The molecule has 2 aliphatic rings. The number of aryl methyl sites for hydroxylation is 1. The number of hydrogen-bond acceptors (Lipinski definition) is 5. The first-order valence-electron chi connectivity index (χ1n) is 7.78. The first-order chi connectivity index (χ1) is 10.6. The van der Waals surface area contributed by atoms with E-state index in [0.29, 0.717) is 18.0 Å². The summed E-state index contributed by atoms with van der Waals surface area (Å²) in [5.41, 5.74) is 10.3. The molecule has 0 radical (unpaired) electrons. The van der Waals surface area contributed by atoms with E-state index < -0.39 is 0 Å². The summed E-state index contributed by atoms with van der Waals surface area (Å²) in [7, 11) is 2.23. The van der Waals surface area contributed by atoms with Crippen molar-refractivity contribution in [1.29, 1.82) is 0 Å². The minimum atomic E-state index is 0.319. The Kier molecular flexibility index (Phi) is 3.04. The van der Waals surface area contributed by atoms with Gasteiger partial charge in [0.15, 0.2) is 0 Å². The van der Waals surface area contributed by atoms with Crippen LogP contribution in [0.1, 0.15) is 12.0 Å². The predicted octanol–water partition coefficient (Wildman–Crippen LogP) is 1.93. The summed E-state index contributed by atoms with van der Waals surface area (Å²) in [6, 6.07) is 9.84. The van der Waals surface area contributed by atoms with E-state index in [4.69, 9.17) is 5.73 Å². The second-order valence-electron chi connectivity index (χ2n) is 6.44. The maximum Gasteiger partial charge on any atom is 0.220 e. The molecule has 0 amide bonds. The van der Waals surface area contributed by atoms with E-state index in [1.165, 1.54) is 24.2 Å². The van der Waals surface area contributed by atoms with Crippen LogP contribution in [0.4, 0.5) is 11.6 Å². The van der Waals surface area contributed by atoms with Crippen LogP contribution in [0.25, 0.3) is 11.3 Å². The van der Waals surface area contributed by atoms with Crippen LogP contribution in [-0.2, 0) is 0 Å². The second-order valence-corrected chi connectivity index (χ2v) is 6.44. The number of aromatic nitrogens is 2. The summed E-state index contributed by atoms with van der Waals surface area (Å²) in [5, 5.41) is 0. The molecule has 5 heteroatoms. The molecule has 0 saturated carbocycles. The first kappa shape index (κ1) is 13.5. The van der Waals surface area contributed by atoms with Gasteiger partial charge in [0.05, 0.1) is 5.69 Å². The van der Waals surface area contributed by atoms with Gasteiger partial charge in [-0.3, -0.25) is 4.90 Å². The molecule has 2 bridgehead atoms. The van der Waals surface area contributed by atoms with Gasteiger partial charge < -0.3 is 10.6 Å². The Morgan fingerprint density at radius 1 is 1.18 bits per heavy atom. The molecule has 22 heavy (non-hydrogen) atoms. The van der Waals surface area contributed by atoms with Gasteiger partial charge >= 0.3 is 0 Å². The summed E-state index contributed by atoms with van der Waals surface area (Å²) in [6.45, 7) is 4.50. The number of fused-ring (bicyclic) bond motifs is 2. The average Bonchev–Trinajstić information content (AvgIpc) is 3.06. The van der Waals surface area contributed by atoms with E-state index in [1.54, 1.807) is 6.20 Å². The molecule has 0 spiro atoms. The number of rotatable bonds is 2. The fourth-order valence-electron chi connectivity index (χ4n) is 3.83. The number of likely N-dealkylation sites (tertiary alicyclic amines) is 1. The highest BCUT2D eigenvalue weighted by molar-refractivity contribution is 5.67. The predicted molar refractivity (Wildman–Crippen MR) is 88.8 cm³/mol. The van der Waals surface area contributed by atoms with Gasteiger partial charge in [0.1, 0.15) is 0 Å². The van der Waals surface area contributed by atoms with Crippen LogP contribution in [0.2, 0.25) is 0 Å². The van der Waals surface area contributed by atoms with Gasteiger partial charge in [0, 0.05) is 42.6 Å². The lowest BCUT2D eigenvalue weighted by Gasteiger charge is -2.34. The first-order valence-corrected chi connectivity index (χ1v) is 7.78. The Hall–Kier alpha value is -2.14. The zero-order chi connectivity index (χ0) is 15.3. The fourth-order valence-corrected chi connectivity index (χ4v) is 3.83. The highest BCUT2D eigenvalue weighted by atomic mass is 15.3. The summed E-state index contributed by atoms with van der Waals surface area (Å²) >= 11 is 0. The Morgan fingerprint density at radius 2 is 2.05 bits per heavy atom. The van der Waals surface area contributed by atoms with E-state index in [1.807, 2.05) is 6.07 Å². The van der Waals surface area contributed by atoms with Crippen molar-refractivity contribution in [3.8, 4) is 11.3 Å². The van der Waals surface area contributed by atoms with Crippen molar-refractivity contribution in [3.05, 3.63) is 36.0 Å². The topological polar surface area (TPSA) is 58.3 Å². The number of nitrogens with zero attached hydrogens (tertiary/aromatic N) is 4. The summed E-state index contributed by atoms with van der Waals surface area (Å²) < 4.78 is 0. The van der Waals surface area contributed by atoms with Crippen molar-refractivity contribution in [2.45, 2.75) is 25.4 Å². The van der Waals surface area contributed by atoms with Crippen LogP contribution in [0.15, 0.2) is 30.5 Å². The molecule has 2 aromatic rings. The summed E-state index contributed by atoms with van der Waals surface area (Å²) in [5.74, 6) is 0.319. The lowest BCUT2D eigenvalue weighted by atomic mass is 10.1. The minimum Gasteiger partial charge on any atom is -0.368 e. The number of piperazine rings is 1. The minimum absolute atomic E-state index is 0.319. The second kappa shape index (κ2) is 4.95. The van der Waals surface area contributed by atoms with E-state index in [2.05, 4.69) is 51.9 Å². The standard InChI is InChI=1S/C17H21N5/c1-11-7-12(15-5-6-19-17(18)20-15)3-4-16(11)22-10-13-8-14(22)9-21(13)2/h3-7,13-14H,8-10H2,1-2H3,(H2,18,19,20)/t13-,14-/m0/s1. The Labute approximate surface area is 130 Å². The van der Waals surface area contributed by atoms with Crippen molar-refractivity contribution in [1.82, 2.24) is 14.9 Å². The number of nitrogen functional groups attached to an aromatic ring is 1. The van der Waals surface area contributed by atoms with Crippen molar-refractivity contribution < 1.29 is 0 Å². The van der Waals surface area contributed by atoms with Gasteiger partial charge in [-0.2, -0.15) is 0 Å². The van der Waals surface area contributed by atoms with E-state index >= 15 is 0 Å². The van der Waals surface area contributed by atoms with Gasteiger partial charge in [-0.15, -0.1) is 0 Å². The molecule has 2 fully saturated rings. The maximum atomic E-state index is 5.68. The van der Waals surface area contributed by atoms with E-state index in [-0.39, 0.29) is 0 Å². The molecule has 4 rings (SSSR count). The van der Waals surface area contributed by atoms with Crippen molar-refractivity contribution >= 4 is 11.6 Å². The van der Waals surface area contributed by atoms with Crippen LogP contribution in [0, 0.1) is 6.92 Å². The zero-order valence-corrected chi connectivity index (χ0v) is 13.0. The van der Waals surface area contributed by atoms with Crippen LogP contribution in [-0.4, -0.2) is 47.1 Å². The third-order valence-electron chi connectivity index (χ3n) is 4.99. The van der Waals surface area contributed by atoms with Gasteiger partial charge in [0.25, 0.3) is 0 Å². The smallest absolute Gasteiger partial charge is 0.220 e. The maximum absolute atomic E-state index is 5.68. The number of benzene rings is 1. The van der Waals surface area contributed by atoms with Gasteiger partial charge in [-0.25, -0.2) is 9.97 Å². The Morgan fingerprint density at radius 3 is 2.68 bits per heavy atom. The van der Waals surface area contributed by atoms with Crippen molar-refractivity contribution in [3.63, 3.8) is 0 Å². The molecule has 0 aliphatic carbocycles. The Bertz CT molecular complexity index is 712. The van der Waals surface area contributed by atoms with E-state index in [9.17, 15) is 0 Å². The highest BCUT2D eigenvalue weighted by Crippen LogP contribution is 2.36. The van der Waals surface area contributed by atoms with Crippen LogP contribution < -0.4 is 10.6 Å². The molecular formula is C17H21N5. The highest BCUT2D eigenvalue weighted by Gasteiger charge is 2.41. The molecule has 2 atom stereocenters. The lowest BCUT2D eigenvalue weighted by Crippen LogP contribution is -2.44. The van der Waals surface area contributed by atoms with Crippen LogP contribution in [0.5, 0.6) is 0 Å². The third-order valence-corrected chi connectivity index (χ3v) is 4.99. The molecular weight excluding hydrogens is 274 g/mol. The molecule has 0 unspecified atom stereocenters. The van der Waals surface area contributed by atoms with Crippen molar-refractivity contribution in [2.75, 3.05) is 30.8 Å². The average molecular weight is 295 g/mol. The molecule has 5 nitrogen and oxygen atoms in total. The SMILES string of the molecule is Cc1cc(-c2ccnc(N)n2)ccc1N1C[C@@H]2C[C@H]1CN2C. The van der Waals surface area contributed by atoms with Crippen molar-refractivity contribution in [2.24, 2.45) is 0 Å². The Balaban J connectivity index is 1.64. The normalized spacial score (nSPS) is 24.2. The molecule has 1 aromatic heterocycles. The van der Waals surface area contributed by atoms with E-state index in [0.717, 1.165) is 17.8 Å². The quantitative estimate of drug-likeness (QED) is 0.917. The van der Waals surface area contributed by atoms with Crippen LogP contribution in [0.3, 0.4) is 0 Å². The molecule has 1 aromatic carbocycles. The van der Waals surface area contributed by atoms with Gasteiger partial charge in [-0.1, -0.05) is 6.07 Å². The lowest BCUT2D eigenvalue weighted by molar-refractivity contribution is 0.292. The molecule has 3 heterocycles. The number of likely N-dealkylation sites (N-methyl/N-ethyl adjacent to an activating group) is 1. The largest absolute Gasteiger partial charge is 0.368 e. The third kappa shape index (κ3) is 2.13. The fraction of sp³-hybridized carbons (Fsp3) is 0.412. The molecule has 2 N–H and O–H groups in total. The zero-order valence-electron chi connectivity index (χ0n) is 13.0. The number of hydrogen-bond donors (Lipinski definition) is 1. The molecule has 2 saturated heterocycles. The van der Waals surface area contributed by atoms with Gasteiger partial charge in [0.2, 0.25) is 5.95 Å². The molecule has 114 valence electrons. The number of anilines is 2. The van der Waals surface area contributed by atoms with Gasteiger partial charge in [-0.05, 0) is 44.2 Å².